The Morgan fingerprint density at radius 3 is 2.57 bits per heavy atom. The predicted octanol–water partition coefficient (Wildman–Crippen LogP) is 3.36. The van der Waals surface area contributed by atoms with E-state index in [-0.39, 0.29) is 10.0 Å². The number of hydrogen-bond acceptors (Lipinski definition) is 3. The van der Waals surface area contributed by atoms with Crippen LogP contribution in [0.4, 0.5) is 5.69 Å². The second kappa shape index (κ2) is 6.47. The molecule has 1 aliphatic rings. The number of anilines is 1. The van der Waals surface area contributed by atoms with Crippen molar-refractivity contribution in [1.82, 2.24) is 4.72 Å². The average Bonchev–Trinajstić information content (AvgIpc) is 2.54. The van der Waals surface area contributed by atoms with E-state index in [1.807, 2.05) is 29.2 Å². The van der Waals surface area contributed by atoms with Crippen LogP contribution < -0.4 is 9.62 Å². The maximum absolute atomic E-state index is 12.4. The molecular formula is C16H15ClN2O2S2. The molecule has 0 bridgehead atoms. The fraction of sp³-hybridized carbons (Fsp3) is 0.188. The Morgan fingerprint density at radius 2 is 1.83 bits per heavy atom. The van der Waals surface area contributed by atoms with E-state index >= 15 is 0 Å². The molecule has 0 radical (unpaired) electrons. The number of nitrogens with one attached hydrogen (secondary N) is 1. The van der Waals surface area contributed by atoms with Crippen LogP contribution in [-0.2, 0) is 16.4 Å². The van der Waals surface area contributed by atoms with E-state index in [2.05, 4.69) is 4.72 Å². The Labute approximate surface area is 146 Å². The van der Waals surface area contributed by atoms with Crippen molar-refractivity contribution >= 4 is 44.6 Å². The molecule has 1 N–H and O–H groups in total. The quantitative estimate of drug-likeness (QED) is 0.828. The van der Waals surface area contributed by atoms with Gasteiger partial charge in [-0.2, -0.15) is 0 Å². The lowest BCUT2D eigenvalue weighted by molar-refractivity contribution is 0.592. The monoisotopic (exact) mass is 366 g/mol. The highest BCUT2D eigenvalue weighted by molar-refractivity contribution is 7.92. The maximum Gasteiger partial charge on any atom is 0.263 e. The first-order valence-electron chi connectivity index (χ1n) is 7.15. The Morgan fingerprint density at radius 1 is 1.13 bits per heavy atom. The van der Waals surface area contributed by atoms with Gasteiger partial charge in [-0.15, -0.1) is 0 Å². The van der Waals surface area contributed by atoms with E-state index in [1.165, 1.54) is 29.8 Å². The standard InChI is InChI=1S/C16H15ClN2O2S2/c17-13-7-9-14(10-8-13)23(20,21)18-16(22)19-11-3-5-12-4-1-2-6-15(12)19/h1-2,4,6-10H,3,5,11H2,(H,18,22). The van der Waals surface area contributed by atoms with Gasteiger partial charge in [0.15, 0.2) is 5.11 Å². The number of sulfonamides is 1. The van der Waals surface area contributed by atoms with Crippen molar-refractivity contribution in [1.29, 1.82) is 0 Å². The Kier molecular flexibility index (Phi) is 4.57. The van der Waals surface area contributed by atoms with Gasteiger partial charge in [-0.3, -0.25) is 4.72 Å². The van der Waals surface area contributed by atoms with E-state index in [9.17, 15) is 8.42 Å². The molecule has 1 heterocycles. The van der Waals surface area contributed by atoms with Gasteiger partial charge in [-0.05, 0) is 61.0 Å². The zero-order valence-corrected chi connectivity index (χ0v) is 14.6. The van der Waals surface area contributed by atoms with Gasteiger partial charge in [0.25, 0.3) is 10.0 Å². The first-order chi connectivity index (χ1) is 11.0. The minimum atomic E-state index is -3.72. The van der Waals surface area contributed by atoms with Crippen LogP contribution in [0, 0.1) is 0 Å². The zero-order chi connectivity index (χ0) is 16.4. The van der Waals surface area contributed by atoms with Crippen LogP contribution in [0.5, 0.6) is 0 Å². The average molecular weight is 367 g/mol. The highest BCUT2D eigenvalue weighted by atomic mass is 35.5. The molecule has 0 atom stereocenters. The van der Waals surface area contributed by atoms with Crippen molar-refractivity contribution in [2.75, 3.05) is 11.4 Å². The molecule has 120 valence electrons. The van der Waals surface area contributed by atoms with Crippen molar-refractivity contribution in [3.63, 3.8) is 0 Å². The number of para-hydroxylation sites is 1. The van der Waals surface area contributed by atoms with Gasteiger partial charge in [-0.1, -0.05) is 29.8 Å². The van der Waals surface area contributed by atoms with Gasteiger partial charge in [0.1, 0.15) is 0 Å². The second-order valence-corrected chi connectivity index (χ2v) is 7.75. The van der Waals surface area contributed by atoms with Crippen LogP contribution in [-0.4, -0.2) is 20.1 Å². The molecule has 0 aromatic heterocycles. The normalized spacial score (nSPS) is 14.2. The van der Waals surface area contributed by atoms with Gasteiger partial charge in [-0.25, -0.2) is 8.42 Å². The van der Waals surface area contributed by atoms with Crippen molar-refractivity contribution < 1.29 is 8.42 Å². The molecule has 0 fully saturated rings. The summed E-state index contributed by atoms with van der Waals surface area (Å²) in [6, 6.07) is 13.9. The van der Waals surface area contributed by atoms with Crippen molar-refractivity contribution in [2.45, 2.75) is 17.7 Å². The van der Waals surface area contributed by atoms with Crippen LogP contribution in [0.25, 0.3) is 0 Å². The number of hydrogen-bond donors (Lipinski definition) is 1. The van der Waals surface area contributed by atoms with Crippen LogP contribution in [0.1, 0.15) is 12.0 Å². The van der Waals surface area contributed by atoms with Gasteiger partial charge in [0, 0.05) is 17.3 Å². The molecule has 4 nitrogen and oxygen atoms in total. The van der Waals surface area contributed by atoms with Crippen LogP contribution in [0.2, 0.25) is 5.02 Å². The molecule has 2 aromatic carbocycles. The molecule has 23 heavy (non-hydrogen) atoms. The van der Waals surface area contributed by atoms with Crippen LogP contribution in [0.3, 0.4) is 0 Å². The van der Waals surface area contributed by atoms with E-state index < -0.39 is 10.0 Å². The fourth-order valence-electron chi connectivity index (χ4n) is 2.59. The summed E-state index contributed by atoms with van der Waals surface area (Å²) in [7, 11) is -3.72. The lowest BCUT2D eigenvalue weighted by Gasteiger charge is -2.31. The SMILES string of the molecule is O=S(=O)(NC(=S)N1CCCc2ccccc21)c1ccc(Cl)cc1. The maximum atomic E-state index is 12.4. The molecule has 0 aliphatic carbocycles. The minimum absolute atomic E-state index is 0.134. The minimum Gasteiger partial charge on any atom is -0.318 e. The Hall–Kier alpha value is -1.63. The van der Waals surface area contributed by atoms with Crippen molar-refractivity contribution in [3.8, 4) is 0 Å². The lowest BCUT2D eigenvalue weighted by Crippen LogP contribution is -2.44. The van der Waals surface area contributed by atoms with Crippen molar-refractivity contribution in [2.24, 2.45) is 0 Å². The van der Waals surface area contributed by atoms with E-state index in [0.29, 0.717) is 11.6 Å². The number of nitrogens with zero attached hydrogens (tertiary/aromatic N) is 1. The van der Waals surface area contributed by atoms with Gasteiger partial charge in [0.05, 0.1) is 4.90 Å². The van der Waals surface area contributed by atoms with E-state index in [1.54, 1.807) is 0 Å². The summed E-state index contributed by atoms with van der Waals surface area (Å²) in [5, 5.41) is 0.670. The molecule has 7 heteroatoms. The lowest BCUT2D eigenvalue weighted by atomic mass is 10.0. The molecule has 0 spiro atoms. The summed E-state index contributed by atoms with van der Waals surface area (Å²) in [5.74, 6) is 0. The number of aryl methyl sites for hydroxylation is 1. The first-order valence-corrected chi connectivity index (χ1v) is 9.42. The molecule has 1 aliphatic heterocycles. The highest BCUT2D eigenvalue weighted by Crippen LogP contribution is 2.27. The summed E-state index contributed by atoms with van der Waals surface area (Å²) in [6.45, 7) is 0.693. The smallest absolute Gasteiger partial charge is 0.263 e. The number of benzene rings is 2. The highest BCUT2D eigenvalue weighted by Gasteiger charge is 2.23. The molecular weight excluding hydrogens is 352 g/mol. The van der Waals surface area contributed by atoms with Gasteiger partial charge in [0.2, 0.25) is 0 Å². The van der Waals surface area contributed by atoms with Gasteiger partial charge < -0.3 is 4.90 Å². The third-order valence-corrected chi connectivity index (χ3v) is 5.76. The molecule has 0 unspecified atom stereocenters. The number of rotatable bonds is 2. The third kappa shape index (κ3) is 3.49. The second-order valence-electron chi connectivity index (χ2n) is 5.25. The summed E-state index contributed by atoms with van der Waals surface area (Å²) in [5.41, 5.74) is 2.13. The summed E-state index contributed by atoms with van der Waals surface area (Å²) in [6.07, 6.45) is 1.90. The number of thiocarbonyl (C=S) groups is 1. The Balaban J connectivity index is 1.84. The number of fused-ring (bicyclic) bond motifs is 1. The molecule has 2 aromatic rings. The van der Waals surface area contributed by atoms with Gasteiger partial charge >= 0.3 is 0 Å². The molecule has 0 amide bonds. The van der Waals surface area contributed by atoms with Crippen LogP contribution in [0.15, 0.2) is 53.4 Å². The van der Waals surface area contributed by atoms with Crippen molar-refractivity contribution in [3.05, 3.63) is 59.1 Å². The van der Waals surface area contributed by atoms with Crippen LogP contribution >= 0.6 is 23.8 Å². The molecule has 0 saturated heterocycles. The summed E-state index contributed by atoms with van der Waals surface area (Å²) in [4.78, 5) is 1.97. The molecule has 3 rings (SSSR count). The fourth-order valence-corrected chi connectivity index (χ4v) is 4.18. The van der Waals surface area contributed by atoms with E-state index in [0.717, 1.165) is 18.5 Å². The zero-order valence-electron chi connectivity index (χ0n) is 12.2. The topological polar surface area (TPSA) is 49.4 Å². The molecule has 0 saturated carbocycles. The Bertz CT molecular complexity index is 835. The summed E-state index contributed by atoms with van der Waals surface area (Å²) < 4.78 is 27.4. The predicted molar refractivity (Wildman–Crippen MR) is 96.5 cm³/mol. The number of halogens is 1. The third-order valence-electron chi connectivity index (χ3n) is 3.70. The van der Waals surface area contributed by atoms with E-state index in [4.69, 9.17) is 23.8 Å². The summed E-state index contributed by atoms with van der Waals surface area (Å²) >= 11 is 11.1. The largest absolute Gasteiger partial charge is 0.318 e. The first kappa shape index (κ1) is 16.2.